The summed E-state index contributed by atoms with van der Waals surface area (Å²) in [7, 11) is 0. The van der Waals surface area contributed by atoms with E-state index in [0.29, 0.717) is 0 Å². The Labute approximate surface area is 442 Å². The molecule has 0 aromatic heterocycles. The number of anilines is 2. The minimum absolute atomic E-state index is 0.668. The second kappa shape index (κ2) is 7.27. The molecule has 0 radical (unpaired) electrons. The van der Waals surface area contributed by atoms with E-state index in [4.69, 9.17) is 0 Å². The largest absolute Gasteiger partial charge is 0.416 e. The first kappa shape index (κ1) is 32.6. The molecule has 8 aliphatic rings. The van der Waals surface area contributed by atoms with Gasteiger partial charge in [0.05, 0.1) is 11.1 Å². The van der Waals surface area contributed by atoms with Crippen LogP contribution in [0.4, 0.5) is 37.7 Å². The van der Waals surface area contributed by atoms with Crippen molar-refractivity contribution >= 4 is 281 Å². The van der Waals surface area contributed by atoms with Gasteiger partial charge >= 0.3 is 12.4 Å². The second-order valence-electron chi connectivity index (χ2n) is 28.6. The number of halogens is 6. The zero-order valence-electron chi connectivity index (χ0n) is 40.8. The summed E-state index contributed by atoms with van der Waals surface area (Å²) in [6, 6.07) is 12.4. The van der Waals surface area contributed by atoms with E-state index in [-0.39, 0.29) is 0 Å². The highest BCUT2D eigenvalue weighted by molar-refractivity contribution is 6.81. The molecule has 28 aromatic rings. The standard InChI is InChI=1S/C74H8F6N2/c75-73(76,77)9-1-5-11(6-2-9)81-69-63-54-47-39-30-22-15-13-14-16-18-17(15)24-28(22)41(47)49-43-32(24)33-25(18)29-23(16)31-27-20(14)21-19(13)26(30)35-37-34(21)38-36(27)46-40(31)48-42(29)50-44(33)53(43)62-65(58(49)54)71(69,81)72-66(62)59(50)55(48)64-57(46)61-52(38)51(37)60(56(63)45(35)39)67(69)68(61)70(64,72)82(72)12-7-3-10(4-8-12)74(78,79)80/h1-8H. The number of hydrogen-bond acceptors (Lipinski definition) is 2. The van der Waals surface area contributed by atoms with Crippen LogP contribution >= 0.6 is 0 Å². The van der Waals surface area contributed by atoms with Crippen molar-refractivity contribution in [3.05, 3.63) is 93.0 Å². The van der Waals surface area contributed by atoms with Crippen molar-refractivity contribution < 1.29 is 26.3 Å². The van der Waals surface area contributed by atoms with Gasteiger partial charge in [0.25, 0.3) is 0 Å². The van der Waals surface area contributed by atoms with E-state index in [2.05, 4.69) is 9.80 Å². The lowest BCUT2D eigenvalue weighted by molar-refractivity contribution is -0.138. The minimum atomic E-state index is -4.54. The van der Waals surface area contributed by atoms with Crippen LogP contribution in [-0.2, 0) is 34.5 Å². The lowest BCUT2D eigenvalue weighted by Gasteiger charge is -2.36. The van der Waals surface area contributed by atoms with Crippen molar-refractivity contribution in [2.45, 2.75) is 34.5 Å². The summed E-state index contributed by atoms with van der Waals surface area (Å²) < 4.78 is 90.3. The third-order valence-electron chi connectivity index (χ3n) is 28.1. The molecule has 4 spiro atoms. The number of nitrogens with zero attached hydrogens (tertiary/aromatic N) is 2. The first-order valence-corrected chi connectivity index (χ1v) is 29.1. The topological polar surface area (TPSA) is 6.02 Å². The van der Waals surface area contributed by atoms with Gasteiger partial charge in [0, 0.05) is 44.8 Å². The zero-order valence-corrected chi connectivity index (χ0v) is 40.8. The maximum absolute atomic E-state index is 15.1. The van der Waals surface area contributed by atoms with Gasteiger partial charge < -0.3 is 9.80 Å². The lowest BCUT2D eigenvalue weighted by Crippen LogP contribution is -2.44. The van der Waals surface area contributed by atoms with Crippen LogP contribution in [0, 0.1) is 0 Å². The molecule has 36 rings (SSSR count). The van der Waals surface area contributed by atoms with Crippen LogP contribution in [0.15, 0.2) is 48.5 Å². The van der Waals surface area contributed by atoms with Crippen LogP contribution in [0.3, 0.4) is 0 Å². The van der Waals surface area contributed by atoms with E-state index in [1.54, 1.807) is 24.3 Å². The van der Waals surface area contributed by atoms with Crippen LogP contribution in [-0.4, -0.2) is 0 Å². The fourth-order valence-electron chi connectivity index (χ4n) is 28.0. The number of rotatable bonds is 2. The van der Waals surface area contributed by atoms with Gasteiger partial charge in [0.1, 0.15) is 22.2 Å². The van der Waals surface area contributed by atoms with E-state index in [9.17, 15) is 0 Å². The Morgan fingerprint density at radius 1 is 0.195 bits per heavy atom. The average molecular weight is 1040 g/mol. The number of hydrogen-bond donors (Lipinski definition) is 0. The number of benzene rings is 19. The van der Waals surface area contributed by atoms with Crippen LogP contribution in [0.2, 0.25) is 0 Å². The lowest BCUT2D eigenvalue weighted by atomic mass is 9.58. The molecule has 2 fully saturated rings. The summed E-state index contributed by atoms with van der Waals surface area (Å²) in [6.45, 7) is 0. The third kappa shape index (κ3) is 1.77. The predicted octanol–water partition coefficient (Wildman–Crippen LogP) is 20.1. The van der Waals surface area contributed by atoms with Crippen molar-refractivity contribution in [2.24, 2.45) is 0 Å². The molecule has 2 saturated heterocycles. The summed E-state index contributed by atoms with van der Waals surface area (Å²) in [4.78, 5) is 5.42. The molecule has 82 heavy (non-hydrogen) atoms. The molecular weight excluding hydrogens is 1030 g/mol. The molecule has 0 saturated carbocycles. The van der Waals surface area contributed by atoms with Crippen molar-refractivity contribution in [3.63, 3.8) is 0 Å². The van der Waals surface area contributed by atoms with Gasteiger partial charge in [0.15, 0.2) is 0 Å². The molecule has 0 bridgehead atoms. The van der Waals surface area contributed by atoms with E-state index >= 15 is 26.3 Å². The SMILES string of the molecule is FC(F)(F)c1ccc(N2C34c5c6c7c8c9c%10c%11c%12c%13c(c%14c%15c3c3c5c5c7c7c%16c8c8c%10c%10c%11c%11c%13c%13c%14c%14c%15c%15c3c3c5c7c5c7c3c%15c3c%14c%14c%13c%11c%11c%10c%10c8c%16c5c5c%10c%11c%14c3c75)C24C%122N(c3ccc(C(F)(F)F)cc3)C692)cc1. The van der Waals surface area contributed by atoms with E-state index in [1.807, 2.05) is 0 Å². The minimum Gasteiger partial charge on any atom is -0.339 e. The maximum Gasteiger partial charge on any atom is 0.416 e. The fraction of sp³-hybridized carbons (Fsp3) is 0.0811. The average Bonchev–Trinajstić information content (AvgIpc) is 1.34. The molecule has 4 atom stereocenters. The highest BCUT2D eigenvalue weighted by atomic mass is 19.4. The molecular formula is C74H8F6N2. The predicted molar refractivity (Wildman–Crippen MR) is 317 cm³/mol. The van der Waals surface area contributed by atoms with Gasteiger partial charge in [-0.05, 0) is 318 Å². The summed E-state index contributed by atoms with van der Waals surface area (Å²) in [5.41, 5.74) is 4.72. The second-order valence-corrected chi connectivity index (χ2v) is 28.6. The van der Waals surface area contributed by atoms with E-state index in [0.717, 1.165) is 11.4 Å². The molecule has 6 aliphatic carbocycles. The van der Waals surface area contributed by atoms with Crippen molar-refractivity contribution in [1.29, 1.82) is 0 Å². The van der Waals surface area contributed by atoms with Crippen LogP contribution < -0.4 is 9.80 Å². The van der Waals surface area contributed by atoms with Crippen LogP contribution in [0.5, 0.6) is 0 Å². The van der Waals surface area contributed by atoms with Gasteiger partial charge in [-0.15, -0.1) is 0 Å². The van der Waals surface area contributed by atoms with Crippen molar-refractivity contribution in [1.82, 2.24) is 0 Å². The third-order valence-corrected chi connectivity index (χ3v) is 28.1. The van der Waals surface area contributed by atoms with Gasteiger partial charge in [-0.1, -0.05) is 0 Å². The Hall–Kier alpha value is -9.66. The van der Waals surface area contributed by atoms with E-state index in [1.165, 1.54) is 327 Å². The quantitative estimate of drug-likeness (QED) is 0.0967. The Morgan fingerprint density at radius 3 is 0.573 bits per heavy atom. The van der Waals surface area contributed by atoms with Gasteiger partial charge in [0.2, 0.25) is 0 Å². The Bertz CT molecular complexity index is 7760. The Kier molecular flexibility index (Phi) is 2.89. The van der Waals surface area contributed by atoms with E-state index < -0.39 is 45.6 Å². The zero-order chi connectivity index (χ0) is 50.5. The summed E-state index contributed by atoms with van der Waals surface area (Å²) >= 11 is 0. The molecule has 356 valence electrons. The maximum atomic E-state index is 15.1. The molecule has 2 heterocycles. The summed E-state index contributed by atoms with van der Waals surface area (Å²) in [5.74, 6) is 0. The molecule has 8 heteroatoms. The summed E-state index contributed by atoms with van der Waals surface area (Å²) in [6.07, 6.45) is -9.07. The van der Waals surface area contributed by atoms with Crippen LogP contribution in [0.1, 0.15) is 44.5 Å². The molecule has 0 amide bonds. The first-order valence-electron chi connectivity index (χ1n) is 29.1. The molecule has 0 N–H and O–H groups in total. The molecule has 4 unspecified atom stereocenters. The highest BCUT2D eigenvalue weighted by Crippen LogP contribution is 3.01. The van der Waals surface area contributed by atoms with Crippen molar-refractivity contribution in [2.75, 3.05) is 9.80 Å². The smallest absolute Gasteiger partial charge is 0.339 e. The molecule has 28 aromatic carbocycles. The first-order chi connectivity index (χ1) is 40.1. The van der Waals surface area contributed by atoms with Gasteiger partial charge in [-0.25, -0.2) is 0 Å². The van der Waals surface area contributed by atoms with Crippen molar-refractivity contribution in [3.8, 4) is 0 Å². The summed E-state index contributed by atoms with van der Waals surface area (Å²) in [5, 5.41) is 71.7. The monoisotopic (exact) mass is 1040 g/mol. The Morgan fingerprint density at radius 2 is 0.366 bits per heavy atom. The Balaban J connectivity index is 1.02. The van der Waals surface area contributed by atoms with Gasteiger partial charge in [-0.2, -0.15) is 26.3 Å². The normalized spacial score (nSPS) is 25.6. The number of alkyl halides is 6. The van der Waals surface area contributed by atoms with Crippen LogP contribution in [0.25, 0.3) is 269 Å². The molecule has 2 aliphatic heterocycles. The highest BCUT2D eigenvalue weighted by Gasteiger charge is 3.05. The fourth-order valence-corrected chi connectivity index (χ4v) is 28.0. The van der Waals surface area contributed by atoms with Gasteiger partial charge in [-0.3, -0.25) is 0 Å². The molecule has 2 nitrogen and oxygen atoms in total.